The van der Waals surface area contributed by atoms with Crippen molar-refractivity contribution in [3.8, 4) is 5.75 Å². The second kappa shape index (κ2) is 11.1. The zero-order chi connectivity index (χ0) is 23.1. The molecular weight excluding hydrogens is 426 g/mol. The van der Waals surface area contributed by atoms with E-state index >= 15 is 0 Å². The van der Waals surface area contributed by atoms with Gasteiger partial charge in [0.2, 0.25) is 0 Å². The van der Waals surface area contributed by atoms with Crippen LogP contribution in [0.25, 0.3) is 0 Å². The first-order chi connectivity index (χ1) is 16.0. The number of imidazole rings is 1. The number of hydrogen-bond acceptors (Lipinski definition) is 8. The highest BCUT2D eigenvalue weighted by Crippen LogP contribution is 2.24. The Morgan fingerprint density at radius 3 is 2.73 bits per heavy atom. The normalized spacial score (nSPS) is 24.5. The van der Waals surface area contributed by atoms with E-state index in [-0.39, 0.29) is 12.5 Å². The van der Waals surface area contributed by atoms with Crippen LogP contribution in [-0.2, 0) is 11.3 Å². The number of aromatic amines is 1. The molecule has 180 valence electrons. The van der Waals surface area contributed by atoms with Crippen LogP contribution in [0.2, 0.25) is 0 Å². The van der Waals surface area contributed by atoms with E-state index in [0.717, 1.165) is 44.2 Å². The molecule has 1 aromatic carbocycles. The second-order valence-corrected chi connectivity index (χ2v) is 8.70. The van der Waals surface area contributed by atoms with Gasteiger partial charge in [0.05, 0.1) is 31.8 Å². The molecule has 2 aliphatic rings. The van der Waals surface area contributed by atoms with Crippen molar-refractivity contribution in [2.75, 3.05) is 59.1 Å². The number of carbonyl (C=O) groups excluding carboxylic acids is 1. The highest BCUT2D eigenvalue weighted by molar-refractivity contribution is 5.91. The van der Waals surface area contributed by atoms with Gasteiger partial charge in [-0.2, -0.15) is 0 Å². The molecule has 4 N–H and O–H groups in total. The van der Waals surface area contributed by atoms with Crippen LogP contribution < -0.4 is 10.1 Å². The van der Waals surface area contributed by atoms with Crippen LogP contribution >= 0.6 is 0 Å². The molecule has 0 unspecified atom stereocenters. The maximum atomic E-state index is 12.1. The average Bonchev–Trinajstić information content (AvgIpc) is 3.37. The highest BCUT2D eigenvalue weighted by atomic mass is 16.5. The number of morpholine rings is 1. The van der Waals surface area contributed by atoms with Gasteiger partial charge in [-0.15, -0.1) is 0 Å². The number of rotatable bonds is 9. The van der Waals surface area contributed by atoms with Gasteiger partial charge in [0.25, 0.3) is 5.91 Å². The summed E-state index contributed by atoms with van der Waals surface area (Å²) >= 11 is 0. The minimum Gasteiger partial charge on any atom is -0.492 e. The second-order valence-electron chi connectivity index (χ2n) is 8.70. The van der Waals surface area contributed by atoms with Crippen LogP contribution in [0.1, 0.15) is 22.5 Å². The van der Waals surface area contributed by atoms with Gasteiger partial charge in [-0.1, -0.05) is 12.1 Å². The van der Waals surface area contributed by atoms with E-state index in [9.17, 15) is 15.0 Å². The number of aliphatic hydroxyl groups excluding tert-OH is 1. The van der Waals surface area contributed by atoms with Crippen molar-refractivity contribution in [1.82, 2.24) is 25.1 Å². The molecule has 2 aliphatic heterocycles. The van der Waals surface area contributed by atoms with Crippen molar-refractivity contribution >= 4 is 5.91 Å². The first-order valence-corrected chi connectivity index (χ1v) is 11.4. The number of nitrogens with one attached hydrogen (secondary N) is 2. The van der Waals surface area contributed by atoms with E-state index in [1.807, 2.05) is 24.3 Å². The Morgan fingerprint density at radius 2 is 2.03 bits per heavy atom. The van der Waals surface area contributed by atoms with Crippen molar-refractivity contribution in [3.63, 3.8) is 0 Å². The van der Waals surface area contributed by atoms with E-state index in [1.54, 1.807) is 0 Å². The van der Waals surface area contributed by atoms with Gasteiger partial charge < -0.3 is 30.0 Å². The summed E-state index contributed by atoms with van der Waals surface area (Å²) in [6.45, 7) is 6.62. The molecule has 1 amide bonds. The van der Waals surface area contributed by atoms with Gasteiger partial charge in [-0.25, -0.2) is 4.98 Å². The van der Waals surface area contributed by atoms with E-state index in [2.05, 4.69) is 25.1 Å². The fraction of sp³-hybridized carbons (Fsp3) is 0.565. The van der Waals surface area contributed by atoms with Crippen molar-refractivity contribution in [3.05, 3.63) is 48.0 Å². The highest BCUT2D eigenvalue weighted by Gasteiger charge is 2.40. The number of carbonyl (C=O) groups is 1. The van der Waals surface area contributed by atoms with Gasteiger partial charge in [0, 0.05) is 45.8 Å². The number of piperidine rings is 1. The molecule has 0 saturated carbocycles. The predicted octanol–water partition coefficient (Wildman–Crippen LogP) is -0.152. The third-order valence-electron chi connectivity index (χ3n) is 6.32. The lowest BCUT2D eigenvalue weighted by atomic mass is 9.88. The molecule has 2 aromatic rings. The SMILES string of the molecule is O=C(NC[C@]1(O)CCN(Cc2ccc(OCCN3CCOCC3)cc2)C[C@H]1O)c1cnc[nH]1. The summed E-state index contributed by atoms with van der Waals surface area (Å²) in [6, 6.07) is 8.00. The Kier molecular flexibility index (Phi) is 7.94. The summed E-state index contributed by atoms with van der Waals surface area (Å²) in [6.07, 6.45) is 2.23. The van der Waals surface area contributed by atoms with E-state index < -0.39 is 11.7 Å². The lowest BCUT2D eigenvalue weighted by Crippen LogP contribution is -2.60. The number of hydrogen-bond donors (Lipinski definition) is 4. The molecule has 0 spiro atoms. The number of amides is 1. The van der Waals surface area contributed by atoms with Gasteiger partial charge in [-0.05, 0) is 24.1 Å². The number of H-pyrrole nitrogens is 1. The minimum absolute atomic E-state index is 0.0175. The molecule has 2 fully saturated rings. The number of aromatic nitrogens is 2. The molecular formula is C23H33N5O5. The summed E-state index contributed by atoms with van der Waals surface area (Å²) in [7, 11) is 0. The van der Waals surface area contributed by atoms with Crippen LogP contribution in [0.15, 0.2) is 36.8 Å². The zero-order valence-corrected chi connectivity index (χ0v) is 18.8. The summed E-state index contributed by atoms with van der Waals surface area (Å²) in [5.41, 5.74) is 0.0736. The van der Waals surface area contributed by atoms with Crippen molar-refractivity contribution in [2.24, 2.45) is 0 Å². The number of ether oxygens (including phenoxy) is 2. The molecule has 2 atom stereocenters. The van der Waals surface area contributed by atoms with E-state index in [4.69, 9.17) is 9.47 Å². The van der Waals surface area contributed by atoms with Crippen molar-refractivity contribution in [2.45, 2.75) is 24.7 Å². The summed E-state index contributed by atoms with van der Waals surface area (Å²) in [5, 5.41) is 24.1. The minimum atomic E-state index is -1.36. The fourth-order valence-corrected chi connectivity index (χ4v) is 4.15. The smallest absolute Gasteiger partial charge is 0.269 e. The number of β-amino-alcohol motifs (C(OH)–C–C–N with tert-alkyl or cyclic N) is 1. The van der Waals surface area contributed by atoms with Crippen molar-refractivity contribution in [1.29, 1.82) is 0 Å². The Morgan fingerprint density at radius 1 is 1.24 bits per heavy atom. The Labute approximate surface area is 193 Å². The number of aliphatic hydroxyl groups is 2. The molecule has 2 saturated heterocycles. The lowest BCUT2D eigenvalue weighted by Gasteiger charge is -2.42. The monoisotopic (exact) mass is 459 g/mol. The first-order valence-electron chi connectivity index (χ1n) is 11.4. The zero-order valence-electron chi connectivity index (χ0n) is 18.8. The topological polar surface area (TPSA) is 123 Å². The molecule has 4 rings (SSSR count). The molecule has 33 heavy (non-hydrogen) atoms. The third-order valence-corrected chi connectivity index (χ3v) is 6.32. The Hall–Kier alpha value is -2.50. The summed E-state index contributed by atoms with van der Waals surface area (Å²) < 4.78 is 11.2. The number of nitrogens with zero attached hydrogens (tertiary/aromatic N) is 3. The fourth-order valence-electron chi connectivity index (χ4n) is 4.15. The molecule has 3 heterocycles. The van der Waals surface area contributed by atoms with Crippen LogP contribution in [0.5, 0.6) is 5.75 Å². The molecule has 10 heteroatoms. The van der Waals surface area contributed by atoms with Crippen LogP contribution in [-0.4, -0.2) is 107 Å². The maximum Gasteiger partial charge on any atom is 0.269 e. The van der Waals surface area contributed by atoms with E-state index in [0.29, 0.717) is 38.4 Å². The quantitative estimate of drug-likeness (QED) is 0.408. The largest absolute Gasteiger partial charge is 0.492 e. The van der Waals surface area contributed by atoms with Crippen LogP contribution in [0.3, 0.4) is 0 Å². The lowest BCUT2D eigenvalue weighted by molar-refractivity contribution is -0.116. The molecule has 10 nitrogen and oxygen atoms in total. The average molecular weight is 460 g/mol. The van der Waals surface area contributed by atoms with Gasteiger partial charge in [-0.3, -0.25) is 14.6 Å². The predicted molar refractivity (Wildman–Crippen MR) is 121 cm³/mol. The molecule has 0 radical (unpaired) electrons. The molecule has 1 aromatic heterocycles. The van der Waals surface area contributed by atoms with Gasteiger partial charge in [0.15, 0.2) is 0 Å². The van der Waals surface area contributed by atoms with E-state index in [1.165, 1.54) is 12.5 Å². The maximum absolute atomic E-state index is 12.1. The van der Waals surface area contributed by atoms with Crippen molar-refractivity contribution < 1.29 is 24.5 Å². The van der Waals surface area contributed by atoms with Crippen LogP contribution in [0.4, 0.5) is 0 Å². The van der Waals surface area contributed by atoms with Gasteiger partial charge in [0.1, 0.15) is 23.7 Å². The third kappa shape index (κ3) is 6.52. The standard InChI is InChI=1S/C23H33N5O5/c29-21-15-28(6-5-23(21,31)16-25-22(30)20-13-24-17-26-20)14-18-1-3-19(4-2-18)33-12-9-27-7-10-32-11-8-27/h1-4,13,17,21,29,31H,5-12,14-16H2,(H,24,26)(H,25,30)/t21-,23-/m1/s1. The molecule has 0 aliphatic carbocycles. The Bertz CT molecular complexity index is 872. The first kappa shape index (κ1) is 23.7. The number of benzene rings is 1. The summed E-state index contributed by atoms with van der Waals surface area (Å²) in [5.74, 6) is 0.482. The molecule has 0 bridgehead atoms. The van der Waals surface area contributed by atoms with Gasteiger partial charge >= 0.3 is 0 Å². The Balaban J connectivity index is 1.19. The number of likely N-dealkylation sites (tertiary alicyclic amines) is 1. The van der Waals surface area contributed by atoms with Crippen LogP contribution in [0, 0.1) is 0 Å². The summed E-state index contributed by atoms with van der Waals surface area (Å²) in [4.78, 5) is 23.0.